The summed E-state index contributed by atoms with van der Waals surface area (Å²) in [5.74, 6) is -1.49. The fraction of sp³-hybridized carbons (Fsp3) is 0.769. The number of carbonyl (C=O) groups is 3. The van der Waals surface area contributed by atoms with Gasteiger partial charge in [0.25, 0.3) is 0 Å². The van der Waals surface area contributed by atoms with Gasteiger partial charge in [-0.3, -0.25) is 4.79 Å². The maximum absolute atomic E-state index is 12.3. The zero-order valence-electron chi connectivity index (χ0n) is 12.4. The fourth-order valence-corrected chi connectivity index (χ4v) is 2.15. The van der Waals surface area contributed by atoms with E-state index < -0.39 is 23.6 Å². The average Bonchev–Trinajstić information content (AvgIpc) is 2.37. The molecule has 0 aromatic rings. The number of amides is 3. The first-order valence-corrected chi connectivity index (χ1v) is 6.81. The van der Waals surface area contributed by atoms with E-state index in [-0.39, 0.29) is 11.8 Å². The monoisotopic (exact) mass is 285 g/mol. The number of rotatable bonds is 4. The number of hydrogen-bond donors (Lipinski definition) is 3. The minimum Gasteiger partial charge on any atom is -0.480 e. The third-order valence-corrected chi connectivity index (χ3v) is 3.85. The van der Waals surface area contributed by atoms with Crippen molar-refractivity contribution in [2.75, 3.05) is 13.1 Å². The molecule has 1 heterocycles. The van der Waals surface area contributed by atoms with E-state index in [1.807, 2.05) is 6.92 Å². The van der Waals surface area contributed by atoms with Crippen LogP contribution in [0.25, 0.3) is 0 Å². The number of urea groups is 1. The highest BCUT2D eigenvalue weighted by Gasteiger charge is 2.41. The van der Waals surface area contributed by atoms with Crippen LogP contribution in [-0.4, -0.2) is 52.6 Å². The molecule has 3 N–H and O–H groups in total. The van der Waals surface area contributed by atoms with Crippen molar-refractivity contribution in [2.45, 2.75) is 45.7 Å². The number of aliphatic carboxylic acids is 1. The van der Waals surface area contributed by atoms with E-state index in [0.717, 1.165) is 0 Å². The fourth-order valence-electron chi connectivity index (χ4n) is 2.15. The van der Waals surface area contributed by atoms with Crippen LogP contribution in [0.4, 0.5) is 4.79 Å². The van der Waals surface area contributed by atoms with Gasteiger partial charge in [0, 0.05) is 13.1 Å². The van der Waals surface area contributed by atoms with Crippen molar-refractivity contribution in [3.8, 4) is 0 Å². The smallest absolute Gasteiger partial charge is 0.326 e. The minimum absolute atomic E-state index is 0.182. The highest BCUT2D eigenvalue weighted by Crippen LogP contribution is 2.18. The van der Waals surface area contributed by atoms with Crippen molar-refractivity contribution in [3.05, 3.63) is 0 Å². The molecule has 1 aliphatic rings. The molecule has 20 heavy (non-hydrogen) atoms. The van der Waals surface area contributed by atoms with Gasteiger partial charge in [-0.25, -0.2) is 9.59 Å². The first kappa shape index (κ1) is 16.3. The van der Waals surface area contributed by atoms with Crippen LogP contribution in [0, 0.1) is 5.92 Å². The van der Waals surface area contributed by atoms with Crippen LogP contribution < -0.4 is 10.6 Å². The second-order valence-corrected chi connectivity index (χ2v) is 5.62. The van der Waals surface area contributed by atoms with E-state index in [1.165, 1.54) is 4.90 Å². The third kappa shape index (κ3) is 3.20. The number of carbonyl (C=O) groups excluding carboxylic acids is 2. The maximum atomic E-state index is 12.3. The largest absolute Gasteiger partial charge is 0.480 e. The molecule has 0 saturated carbocycles. The Kier molecular flexibility index (Phi) is 4.97. The standard InChI is InChI=1S/C13H23N3O4/c1-5-8(2)9(10(17)18)15-12(20)16-7-6-14-11(19)13(16,3)4/h8-9H,5-7H2,1-4H3,(H,14,19)(H,15,20)(H,17,18)/t8?,9-/m0/s1. The Morgan fingerprint density at radius 2 is 2.10 bits per heavy atom. The molecule has 1 rings (SSSR count). The predicted octanol–water partition coefficient (Wildman–Crippen LogP) is 0.406. The SMILES string of the molecule is CCC(C)[C@H](NC(=O)N1CCNC(=O)C1(C)C)C(=O)O. The second kappa shape index (κ2) is 6.11. The summed E-state index contributed by atoms with van der Waals surface area (Å²) in [6, 6.07) is -1.47. The van der Waals surface area contributed by atoms with Crippen molar-refractivity contribution >= 4 is 17.9 Å². The Bertz CT molecular complexity index is 408. The van der Waals surface area contributed by atoms with Gasteiger partial charge in [-0.15, -0.1) is 0 Å². The molecule has 0 aromatic heterocycles. The van der Waals surface area contributed by atoms with Crippen LogP contribution in [-0.2, 0) is 9.59 Å². The van der Waals surface area contributed by atoms with Crippen LogP contribution in [0.5, 0.6) is 0 Å². The molecule has 1 fully saturated rings. The number of nitrogens with zero attached hydrogens (tertiary/aromatic N) is 1. The molecule has 0 aliphatic carbocycles. The Labute approximate surface area is 118 Å². The maximum Gasteiger partial charge on any atom is 0.326 e. The van der Waals surface area contributed by atoms with Gasteiger partial charge in [0.15, 0.2) is 0 Å². The summed E-state index contributed by atoms with van der Waals surface area (Å²) in [7, 11) is 0. The number of carboxylic acid groups (broad SMARTS) is 1. The molecule has 1 saturated heterocycles. The van der Waals surface area contributed by atoms with Gasteiger partial charge >= 0.3 is 12.0 Å². The van der Waals surface area contributed by atoms with Crippen molar-refractivity contribution in [1.82, 2.24) is 15.5 Å². The Hall–Kier alpha value is -1.79. The summed E-state index contributed by atoms with van der Waals surface area (Å²) >= 11 is 0. The number of hydrogen-bond acceptors (Lipinski definition) is 3. The first-order valence-electron chi connectivity index (χ1n) is 6.81. The molecule has 1 unspecified atom stereocenters. The Morgan fingerprint density at radius 1 is 1.50 bits per heavy atom. The van der Waals surface area contributed by atoms with Gasteiger partial charge in [0.05, 0.1) is 0 Å². The quantitative estimate of drug-likeness (QED) is 0.696. The van der Waals surface area contributed by atoms with Gasteiger partial charge in [0.2, 0.25) is 5.91 Å². The molecule has 3 amide bonds. The van der Waals surface area contributed by atoms with Crippen molar-refractivity contribution in [1.29, 1.82) is 0 Å². The topological polar surface area (TPSA) is 98.7 Å². The van der Waals surface area contributed by atoms with Gasteiger partial charge in [-0.1, -0.05) is 20.3 Å². The van der Waals surface area contributed by atoms with Gasteiger partial charge in [-0.05, 0) is 19.8 Å². The van der Waals surface area contributed by atoms with E-state index in [0.29, 0.717) is 19.5 Å². The van der Waals surface area contributed by atoms with E-state index >= 15 is 0 Å². The van der Waals surface area contributed by atoms with Crippen LogP contribution in [0.3, 0.4) is 0 Å². The van der Waals surface area contributed by atoms with Crippen LogP contribution in [0.15, 0.2) is 0 Å². The summed E-state index contributed by atoms with van der Waals surface area (Å²) in [4.78, 5) is 36.7. The molecule has 0 radical (unpaired) electrons. The minimum atomic E-state index is -1.06. The molecule has 0 spiro atoms. The lowest BCUT2D eigenvalue weighted by Crippen LogP contribution is -2.66. The first-order chi connectivity index (χ1) is 9.21. The van der Waals surface area contributed by atoms with E-state index in [2.05, 4.69) is 10.6 Å². The van der Waals surface area contributed by atoms with Crippen LogP contribution >= 0.6 is 0 Å². The molecule has 0 aromatic carbocycles. The van der Waals surface area contributed by atoms with Crippen molar-refractivity contribution in [3.63, 3.8) is 0 Å². The molecule has 0 bridgehead atoms. The molecular weight excluding hydrogens is 262 g/mol. The van der Waals surface area contributed by atoms with Gasteiger partial charge in [-0.2, -0.15) is 0 Å². The summed E-state index contributed by atoms with van der Waals surface area (Å²) in [6.45, 7) is 7.65. The Balaban J connectivity index is 2.83. The molecule has 1 aliphatic heterocycles. The summed E-state index contributed by atoms with van der Waals surface area (Å²) in [5, 5.41) is 14.4. The van der Waals surface area contributed by atoms with Crippen LogP contribution in [0.2, 0.25) is 0 Å². The van der Waals surface area contributed by atoms with Gasteiger partial charge < -0.3 is 20.6 Å². The van der Waals surface area contributed by atoms with Gasteiger partial charge in [0.1, 0.15) is 11.6 Å². The lowest BCUT2D eigenvalue weighted by Gasteiger charge is -2.41. The molecular formula is C13H23N3O4. The van der Waals surface area contributed by atoms with Crippen molar-refractivity contribution < 1.29 is 19.5 Å². The lowest BCUT2D eigenvalue weighted by atomic mass is 9.98. The zero-order valence-corrected chi connectivity index (χ0v) is 12.4. The Morgan fingerprint density at radius 3 is 2.60 bits per heavy atom. The third-order valence-electron chi connectivity index (χ3n) is 3.85. The molecule has 7 heteroatoms. The molecule has 7 nitrogen and oxygen atoms in total. The average molecular weight is 285 g/mol. The van der Waals surface area contributed by atoms with Crippen LogP contribution in [0.1, 0.15) is 34.1 Å². The molecule has 114 valence electrons. The number of carboxylic acids is 1. The number of nitrogens with one attached hydrogen (secondary N) is 2. The number of piperazine rings is 1. The lowest BCUT2D eigenvalue weighted by molar-refractivity contribution is -0.140. The van der Waals surface area contributed by atoms with E-state index in [1.54, 1.807) is 20.8 Å². The molecule has 2 atom stereocenters. The summed E-state index contributed by atoms with van der Waals surface area (Å²) in [5.41, 5.74) is -0.985. The van der Waals surface area contributed by atoms with Crippen molar-refractivity contribution in [2.24, 2.45) is 5.92 Å². The summed E-state index contributed by atoms with van der Waals surface area (Å²) < 4.78 is 0. The summed E-state index contributed by atoms with van der Waals surface area (Å²) in [6.07, 6.45) is 0.640. The highest BCUT2D eigenvalue weighted by atomic mass is 16.4. The second-order valence-electron chi connectivity index (χ2n) is 5.62. The van der Waals surface area contributed by atoms with E-state index in [4.69, 9.17) is 0 Å². The highest BCUT2D eigenvalue weighted by molar-refractivity contribution is 5.92. The normalized spacial score (nSPS) is 20.8. The van der Waals surface area contributed by atoms with E-state index in [9.17, 15) is 19.5 Å². The zero-order chi connectivity index (χ0) is 15.5. The predicted molar refractivity (Wildman–Crippen MR) is 73.2 cm³/mol.